The molecule has 0 aromatic heterocycles. The van der Waals surface area contributed by atoms with Crippen molar-refractivity contribution in [1.82, 2.24) is 4.90 Å². The first-order chi connectivity index (χ1) is 24.0. The number of ether oxygens (including phenoxy) is 3. The van der Waals surface area contributed by atoms with Crippen molar-refractivity contribution in [3.05, 3.63) is 0 Å². The highest BCUT2D eigenvalue weighted by Gasteiger charge is 2.25. The van der Waals surface area contributed by atoms with Crippen molar-refractivity contribution < 1.29 is 28.6 Å². The summed E-state index contributed by atoms with van der Waals surface area (Å²) in [5.74, 6) is 0.380. The second-order valence-corrected chi connectivity index (χ2v) is 15.0. The lowest BCUT2D eigenvalue weighted by Gasteiger charge is -2.28. The summed E-state index contributed by atoms with van der Waals surface area (Å²) < 4.78 is 16.7. The van der Waals surface area contributed by atoms with Gasteiger partial charge in [0.05, 0.1) is 25.7 Å². The third kappa shape index (κ3) is 28.7. The van der Waals surface area contributed by atoms with E-state index < -0.39 is 0 Å². The predicted molar refractivity (Wildman–Crippen MR) is 203 cm³/mol. The Labute approximate surface area is 302 Å². The second kappa shape index (κ2) is 33.5. The van der Waals surface area contributed by atoms with E-state index in [-0.39, 0.29) is 23.8 Å². The van der Waals surface area contributed by atoms with Crippen molar-refractivity contribution in [3.63, 3.8) is 0 Å². The number of carbonyl (C=O) groups is 3. The van der Waals surface area contributed by atoms with E-state index in [2.05, 4.69) is 25.8 Å². The van der Waals surface area contributed by atoms with Gasteiger partial charge in [-0.3, -0.25) is 14.4 Å². The van der Waals surface area contributed by atoms with Crippen molar-refractivity contribution in [2.45, 2.75) is 200 Å². The first kappa shape index (κ1) is 45.4. The zero-order valence-corrected chi connectivity index (χ0v) is 32.6. The number of hydrogen-bond donors (Lipinski definition) is 0. The van der Waals surface area contributed by atoms with Crippen LogP contribution in [0.5, 0.6) is 0 Å². The van der Waals surface area contributed by atoms with Crippen LogP contribution in [0.3, 0.4) is 0 Å². The van der Waals surface area contributed by atoms with Gasteiger partial charge in [0, 0.05) is 12.8 Å². The van der Waals surface area contributed by atoms with Crippen LogP contribution in [0.15, 0.2) is 0 Å². The molecule has 1 aliphatic heterocycles. The summed E-state index contributed by atoms with van der Waals surface area (Å²) in [6.07, 6.45) is 31.7. The number of unbranched alkanes of at least 4 members (excludes halogenated alkanes) is 19. The molecule has 0 bridgehead atoms. The van der Waals surface area contributed by atoms with Gasteiger partial charge in [-0.15, -0.1) is 0 Å². The topological polar surface area (TPSA) is 82.1 Å². The van der Waals surface area contributed by atoms with Crippen molar-refractivity contribution in [2.24, 2.45) is 11.8 Å². The van der Waals surface area contributed by atoms with E-state index in [1.165, 1.54) is 57.8 Å². The van der Waals surface area contributed by atoms with Crippen LogP contribution in [-0.4, -0.2) is 62.8 Å². The van der Waals surface area contributed by atoms with E-state index in [9.17, 15) is 14.4 Å². The van der Waals surface area contributed by atoms with Crippen LogP contribution < -0.4 is 0 Å². The van der Waals surface area contributed by atoms with E-state index in [4.69, 9.17) is 14.2 Å². The van der Waals surface area contributed by atoms with Gasteiger partial charge < -0.3 is 19.1 Å². The van der Waals surface area contributed by atoms with E-state index in [0.29, 0.717) is 38.6 Å². The number of carbonyl (C=O) groups excluding carboxylic acids is 3. The Bertz CT molecular complexity index is 781. The average molecular weight is 694 g/mol. The molecule has 0 amide bonds. The van der Waals surface area contributed by atoms with Crippen LogP contribution in [0, 0.1) is 11.8 Å². The van der Waals surface area contributed by atoms with Gasteiger partial charge >= 0.3 is 17.9 Å². The zero-order valence-electron chi connectivity index (χ0n) is 32.6. The summed E-state index contributed by atoms with van der Waals surface area (Å²) in [5.41, 5.74) is 0. The van der Waals surface area contributed by atoms with Gasteiger partial charge in [-0.25, -0.2) is 0 Å². The minimum absolute atomic E-state index is 0.000314. The molecule has 1 heterocycles. The molecule has 288 valence electrons. The van der Waals surface area contributed by atoms with Gasteiger partial charge in [0.25, 0.3) is 0 Å². The van der Waals surface area contributed by atoms with Crippen molar-refractivity contribution in [2.75, 3.05) is 40.0 Å². The second-order valence-electron chi connectivity index (χ2n) is 15.0. The number of likely N-dealkylation sites (tertiary alicyclic amines) is 1. The summed E-state index contributed by atoms with van der Waals surface area (Å²) in [7, 11) is 2.12. The van der Waals surface area contributed by atoms with Crippen molar-refractivity contribution in [3.8, 4) is 0 Å². The van der Waals surface area contributed by atoms with Crippen LogP contribution >= 0.6 is 0 Å². The molecule has 0 aromatic rings. The molecule has 0 aliphatic carbocycles. The first-order valence-corrected chi connectivity index (χ1v) is 21.1. The summed E-state index contributed by atoms with van der Waals surface area (Å²) in [4.78, 5) is 39.2. The van der Waals surface area contributed by atoms with Gasteiger partial charge in [-0.1, -0.05) is 136 Å². The number of esters is 3. The fourth-order valence-electron chi connectivity index (χ4n) is 6.80. The molecule has 1 atom stereocenters. The third-order valence-electron chi connectivity index (χ3n) is 10.3. The number of nitrogens with zero attached hydrogens (tertiary/aromatic N) is 1. The molecule has 0 saturated carbocycles. The Balaban J connectivity index is 2.19. The number of rotatable bonds is 34. The van der Waals surface area contributed by atoms with Gasteiger partial charge in [0.2, 0.25) is 0 Å². The minimum Gasteiger partial charge on any atom is -0.466 e. The van der Waals surface area contributed by atoms with Crippen LogP contribution in [-0.2, 0) is 28.6 Å². The van der Waals surface area contributed by atoms with Gasteiger partial charge in [0.1, 0.15) is 0 Å². The quantitative estimate of drug-likeness (QED) is 0.0377. The smallest absolute Gasteiger partial charge is 0.309 e. The number of hydrogen-bond acceptors (Lipinski definition) is 7. The van der Waals surface area contributed by atoms with Crippen LogP contribution in [0.4, 0.5) is 0 Å². The maximum absolute atomic E-state index is 12.8. The highest BCUT2D eigenvalue weighted by Crippen LogP contribution is 2.22. The van der Waals surface area contributed by atoms with E-state index in [0.717, 1.165) is 129 Å². The molecule has 7 heteroatoms. The molecular weight excluding hydrogens is 614 g/mol. The van der Waals surface area contributed by atoms with Crippen molar-refractivity contribution >= 4 is 17.9 Å². The minimum atomic E-state index is -0.0428. The normalized spacial score (nSPS) is 14.5. The molecule has 0 spiro atoms. The van der Waals surface area contributed by atoms with Gasteiger partial charge in [-0.2, -0.15) is 0 Å². The van der Waals surface area contributed by atoms with E-state index in [1.807, 2.05) is 0 Å². The predicted octanol–water partition coefficient (Wildman–Crippen LogP) is 11.1. The Morgan fingerprint density at radius 1 is 0.531 bits per heavy atom. The summed E-state index contributed by atoms with van der Waals surface area (Å²) in [6.45, 7) is 8.09. The Hall–Kier alpha value is -1.63. The lowest BCUT2D eigenvalue weighted by molar-refractivity contribution is -0.151. The van der Waals surface area contributed by atoms with Crippen LogP contribution in [0.1, 0.15) is 200 Å². The monoisotopic (exact) mass is 694 g/mol. The summed E-state index contributed by atoms with van der Waals surface area (Å²) in [5, 5.41) is 0. The molecule has 1 saturated heterocycles. The molecular formula is C42H79NO6. The molecule has 1 aliphatic rings. The van der Waals surface area contributed by atoms with Crippen molar-refractivity contribution in [1.29, 1.82) is 0 Å². The highest BCUT2D eigenvalue weighted by molar-refractivity contribution is 5.72. The molecule has 0 radical (unpaired) electrons. The maximum atomic E-state index is 12.8. The third-order valence-corrected chi connectivity index (χ3v) is 10.3. The molecule has 7 nitrogen and oxygen atoms in total. The Morgan fingerprint density at radius 2 is 0.918 bits per heavy atom. The Kier molecular flexibility index (Phi) is 31.0. The highest BCUT2D eigenvalue weighted by atomic mass is 16.5. The summed E-state index contributed by atoms with van der Waals surface area (Å²) >= 11 is 0. The first-order valence-electron chi connectivity index (χ1n) is 21.1. The molecule has 49 heavy (non-hydrogen) atoms. The van der Waals surface area contributed by atoms with Gasteiger partial charge in [0.15, 0.2) is 0 Å². The van der Waals surface area contributed by atoms with Crippen LogP contribution in [0.2, 0.25) is 0 Å². The lowest BCUT2D eigenvalue weighted by atomic mass is 9.94. The SMILES string of the molecule is CCCCCCCCCOC(=O)CCCCCCCC(CCCCCCCC(=O)OCCCCCCCC)COC(=O)C1CCN(C)CC1. The fraction of sp³-hybridized carbons (Fsp3) is 0.929. The molecule has 1 rings (SSSR count). The fourth-order valence-corrected chi connectivity index (χ4v) is 6.80. The average Bonchev–Trinajstić information content (AvgIpc) is 3.10. The Morgan fingerprint density at radius 3 is 1.37 bits per heavy atom. The molecule has 0 N–H and O–H groups in total. The van der Waals surface area contributed by atoms with E-state index >= 15 is 0 Å². The maximum Gasteiger partial charge on any atom is 0.309 e. The summed E-state index contributed by atoms with van der Waals surface area (Å²) in [6, 6.07) is 0. The zero-order chi connectivity index (χ0) is 35.6. The largest absolute Gasteiger partial charge is 0.466 e. The van der Waals surface area contributed by atoms with Crippen LogP contribution in [0.25, 0.3) is 0 Å². The lowest BCUT2D eigenvalue weighted by Crippen LogP contribution is -2.34. The molecule has 1 fully saturated rings. The van der Waals surface area contributed by atoms with E-state index in [1.54, 1.807) is 0 Å². The molecule has 1 unspecified atom stereocenters. The standard InChI is InChI=1S/C42H79NO6/c1-4-6-8-10-12-20-26-36-48-41(45)30-24-18-14-16-22-28-38(37-49-42(46)39-31-33-43(3)34-32-39)27-21-15-13-17-23-29-40(44)47-35-25-19-11-9-7-5-2/h38-39H,4-37H2,1-3H3. The van der Waals surface area contributed by atoms with Gasteiger partial charge in [-0.05, 0) is 77.4 Å². The molecule has 0 aromatic carbocycles. The number of piperidine rings is 1.